The SMILES string of the molecule is O=C(c1ccncn1)c1cnnn1-c1ccccc1. The van der Waals surface area contributed by atoms with Crippen LogP contribution in [0.25, 0.3) is 5.69 Å². The number of carbonyl (C=O) groups excluding carboxylic acids is 1. The maximum atomic E-state index is 12.3. The van der Waals surface area contributed by atoms with E-state index in [1.165, 1.54) is 23.4 Å². The van der Waals surface area contributed by atoms with Crippen molar-refractivity contribution in [2.75, 3.05) is 0 Å². The normalized spacial score (nSPS) is 10.3. The second kappa shape index (κ2) is 4.77. The molecule has 0 amide bonds. The number of aromatic nitrogens is 5. The second-order valence-electron chi connectivity index (χ2n) is 3.79. The minimum atomic E-state index is -0.240. The number of ketones is 1. The minimum Gasteiger partial charge on any atom is -0.285 e. The maximum Gasteiger partial charge on any atom is 0.231 e. The third kappa shape index (κ3) is 2.11. The number of benzene rings is 1. The van der Waals surface area contributed by atoms with Crippen LogP contribution in [0.15, 0.2) is 55.1 Å². The molecule has 0 aliphatic rings. The average Bonchev–Trinajstić information content (AvgIpc) is 2.98. The molecule has 1 aromatic carbocycles. The summed E-state index contributed by atoms with van der Waals surface area (Å²) in [6, 6.07) is 10.9. The lowest BCUT2D eigenvalue weighted by Gasteiger charge is -2.04. The van der Waals surface area contributed by atoms with Crippen LogP contribution in [0.3, 0.4) is 0 Å². The van der Waals surface area contributed by atoms with Gasteiger partial charge in [-0.3, -0.25) is 4.79 Å². The van der Waals surface area contributed by atoms with E-state index >= 15 is 0 Å². The first-order valence-corrected chi connectivity index (χ1v) is 5.63. The highest BCUT2D eigenvalue weighted by Crippen LogP contribution is 2.11. The van der Waals surface area contributed by atoms with Crippen molar-refractivity contribution in [2.45, 2.75) is 0 Å². The smallest absolute Gasteiger partial charge is 0.231 e. The highest BCUT2D eigenvalue weighted by Gasteiger charge is 2.17. The van der Waals surface area contributed by atoms with Crippen LogP contribution in [-0.2, 0) is 0 Å². The van der Waals surface area contributed by atoms with E-state index in [1.54, 1.807) is 6.07 Å². The van der Waals surface area contributed by atoms with Gasteiger partial charge in [-0.15, -0.1) is 5.10 Å². The molecule has 0 spiro atoms. The number of carbonyl (C=O) groups is 1. The van der Waals surface area contributed by atoms with Crippen LogP contribution in [0, 0.1) is 0 Å². The lowest BCUT2D eigenvalue weighted by molar-refractivity contribution is 0.102. The van der Waals surface area contributed by atoms with Gasteiger partial charge in [0.05, 0.1) is 11.9 Å². The second-order valence-corrected chi connectivity index (χ2v) is 3.79. The minimum absolute atomic E-state index is 0.240. The van der Waals surface area contributed by atoms with Crippen LogP contribution in [-0.4, -0.2) is 30.7 Å². The van der Waals surface area contributed by atoms with Gasteiger partial charge in [-0.1, -0.05) is 23.4 Å². The van der Waals surface area contributed by atoms with Gasteiger partial charge < -0.3 is 0 Å². The number of hydrogen-bond acceptors (Lipinski definition) is 5. The molecule has 6 nitrogen and oxygen atoms in total. The van der Waals surface area contributed by atoms with Crippen LogP contribution < -0.4 is 0 Å². The van der Waals surface area contributed by atoms with Gasteiger partial charge in [0.1, 0.15) is 17.7 Å². The van der Waals surface area contributed by atoms with Gasteiger partial charge in [0.25, 0.3) is 0 Å². The highest BCUT2D eigenvalue weighted by molar-refractivity contribution is 6.06. The van der Waals surface area contributed by atoms with Gasteiger partial charge in [0.2, 0.25) is 5.78 Å². The molecule has 2 heterocycles. The average molecular weight is 251 g/mol. The molecule has 3 rings (SSSR count). The Hall–Kier alpha value is -2.89. The highest BCUT2D eigenvalue weighted by atomic mass is 16.1. The molecule has 0 aliphatic heterocycles. The fourth-order valence-corrected chi connectivity index (χ4v) is 1.71. The van der Waals surface area contributed by atoms with Crippen molar-refractivity contribution in [1.82, 2.24) is 25.0 Å². The van der Waals surface area contributed by atoms with Crippen LogP contribution >= 0.6 is 0 Å². The Morgan fingerprint density at radius 1 is 1.11 bits per heavy atom. The molecule has 0 saturated heterocycles. The zero-order valence-corrected chi connectivity index (χ0v) is 9.84. The summed E-state index contributed by atoms with van der Waals surface area (Å²) in [5.74, 6) is -0.240. The maximum absolute atomic E-state index is 12.3. The third-order valence-electron chi connectivity index (χ3n) is 2.60. The van der Waals surface area contributed by atoms with E-state index in [-0.39, 0.29) is 5.78 Å². The summed E-state index contributed by atoms with van der Waals surface area (Å²) in [7, 11) is 0. The summed E-state index contributed by atoms with van der Waals surface area (Å²) in [5.41, 5.74) is 1.46. The largest absolute Gasteiger partial charge is 0.285 e. The summed E-state index contributed by atoms with van der Waals surface area (Å²) in [6.45, 7) is 0. The topological polar surface area (TPSA) is 73.6 Å². The summed E-state index contributed by atoms with van der Waals surface area (Å²) in [6.07, 6.45) is 4.29. The monoisotopic (exact) mass is 251 g/mol. The Bertz CT molecular complexity index is 693. The molecular formula is C13H9N5O. The zero-order valence-electron chi connectivity index (χ0n) is 9.84. The van der Waals surface area contributed by atoms with E-state index in [0.717, 1.165) is 5.69 Å². The molecule has 0 aliphatic carbocycles. The molecule has 0 unspecified atom stereocenters. The molecule has 92 valence electrons. The Labute approximate surface area is 108 Å². The summed E-state index contributed by atoms with van der Waals surface area (Å²) >= 11 is 0. The summed E-state index contributed by atoms with van der Waals surface area (Å²) in [5, 5.41) is 7.73. The molecular weight excluding hydrogens is 242 g/mol. The first kappa shape index (κ1) is 11.2. The zero-order chi connectivity index (χ0) is 13.1. The molecule has 2 aromatic heterocycles. The first-order chi connectivity index (χ1) is 9.36. The van der Waals surface area contributed by atoms with Crippen LogP contribution in [0.2, 0.25) is 0 Å². The number of hydrogen-bond donors (Lipinski definition) is 0. The Balaban J connectivity index is 2.04. The molecule has 3 aromatic rings. The van der Waals surface area contributed by atoms with Crippen molar-refractivity contribution in [3.05, 3.63) is 66.5 Å². The lowest BCUT2D eigenvalue weighted by Crippen LogP contribution is -2.11. The van der Waals surface area contributed by atoms with Crippen LogP contribution in [0.1, 0.15) is 16.2 Å². The van der Waals surface area contributed by atoms with Gasteiger partial charge in [-0.05, 0) is 18.2 Å². The number of rotatable bonds is 3. The standard InChI is InChI=1S/C13H9N5O/c19-13(11-6-7-14-9-15-11)12-8-16-17-18(12)10-4-2-1-3-5-10/h1-9H. The number of nitrogens with zero attached hydrogens (tertiary/aromatic N) is 5. The van der Waals surface area contributed by atoms with Gasteiger partial charge in [0.15, 0.2) is 0 Å². The van der Waals surface area contributed by atoms with E-state index in [4.69, 9.17) is 0 Å². The van der Waals surface area contributed by atoms with Crippen molar-refractivity contribution in [3.63, 3.8) is 0 Å². The summed E-state index contributed by atoms with van der Waals surface area (Å²) in [4.78, 5) is 20.0. The fraction of sp³-hybridized carbons (Fsp3) is 0. The molecule has 0 N–H and O–H groups in total. The van der Waals surface area contributed by atoms with E-state index in [0.29, 0.717) is 11.4 Å². The van der Waals surface area contributed by atoms with Crippen LogP contribution in [0.5, 0.6) is 0 Å². The fourth-order valence-electron chi connectivity index (χ4n) is 1.71. The van der Waals surface area contributed by atoms with E-state index in [2.05, 4.69) is 20.3 Å². The predicted molar refractivity (Wildman–Crippen MR) is 66.8 cm³/mol. The molecule has 0 radical (unpaired) electrons. The predicted octanol–water partition coefficient (Wildman–Crippen LogP) is 1.29. The summed E-state index contributed by atoms with van der Waals surface area (Å²) < 4.78 is 1.49. The quantitative estimate of drug-likeness (QED) is 0.656. The Morgan fingerprint density at radius 3 is 2.68 bits per heavy atom. The Kier molecular flexibility index (Phi) is 2.82. The molecule has 6 heteroatoms. The van der Waals surface area contributed by atoms with Crippen LogP contribution in [0.4, 0.5) is 0 Å². The van der Waals surface area contributed by atoms with Crippen molar-refractivity contribution in [2.24, 2.45) is 0 Å². The third-order valence-corrected chi connectivity index (χ3v) is 2.60. The van der Waals surface area contributed by atoms with E-state index in [1.807, 2.05) is 30.3 Å². The first-order valence-electron chi connectivity index (χ1n) is 5.63. The molecule has 0 saturated carbocycles. The molecule has 19 heavy (non-hydrogen) atoms. The van der Waals surface area contributed by atoms with Crippen molar-refractivity contribution in [3.8, 4) is 5.69 Å². The van der Waals surface area contributed by atoms with Gasteiger partial charge in [0, 0.05) is 6.20 Å². The van der Waals surface area contributed by atoms with E-state index < -0.39 is 0 Å². The van der Waals surface area contributed by atoms with Gasteiger partial charge in [-0.25, -0.2) is 14.6 Å². The molecule has 0 fully saturated rings. The molecule has 0 bridgehead atoms. The van der Waals surface area contributed by atoms with Crippen molar-refractivity contribution < 1.29 is 4.79 Å². The lowest BCUT2D eigenvalue weighted by atomic mass is 10.2. The van der Waals surface area contributed by atoms with E-state index in [9.17, 15) is 4.79 Å². The van der Waals surface area contributed by atoms with Gasteiger partial charge >= 0.3 is 0 Å². The Morgan fingerprint density at radius 2 is 1.95 bits per heavy atom. The van der Waals surface area contributed by atoms with Gasteiger partial charge in [-0.2, -0.15) is 0 Å². The molecule has 0 atom stereocenters. The van der Waals surface area contributed by atoms with Crippen molar-refractivity contribution >= 4 is 5.78 Å². The van der Waals surface area contributed by atoms with Crippen molar-refractivity contribution in [1.29, 1.82) is 0 Å². The number of para-hydroxylation sites is 1.